The predicted octanol–water partition coefficient (Wildman–Crippen LogP) is 3.13. The average molecular weight is 403 g/mol. The van der Waals surface area contributed by atoms with Gasteiger partial charge in [0.2, 0.25) is 0 Å². The number of nitrogens with zero attached hydrogens (tertiary/aromatic N) is 3. The molecule has 2 heterocycles. The Labute approximate surface area is 175 Å². The molecule has 0 fully saturated rings. The van der Waals surface area contributed by atoms with Crippen LogP contribution in [-0.4, -0.2) is 28.5 Å². The van der Waals surface area contributed by atoms with Crippen LogP contribution in [0.15, 0.2) is 42.6 Å². The Morgan fingerprint density at radius 2 is 2.03 bits per heavy atom. The molecule has 3 rings (SSSR count). The first-order valence-corrected chi connectivity index (χ1v) is 9.74. The number of hydrogen-bond donors (Lipinski definition) is 4. The molecule has 2 unspecified atom stereocenters. The van der Waals surface area contributed by atoms with E-state index in [2.05, 4.69) is 33.6 Å². The van der Waals surface area contributed by atoms with E-state index >= 15 is 0 Å². The molecule has 154 valence electrons. The van der Waals surface area contributed by atoms with E-state index in [4.69, 9.17) is 11.5 Å². The Hall–Kier alpha value is -3.70. The third-order valence-electron chi connectivity index (χ3n) is 4.82. The number of benzene rings is 1. The van der Waals surface area contributed by atoms with Crippen molar-refractivity contribution < 1.29 is 4.79 Å². The van der Waals surface area contributed by atoms with Crippen molar-refractivity contribution in [3.63, 3.8) is 0 Å². The molecule has 0 aliphatic heterocycles. The molecule has 2 aromatic heterocycles. The maximum atomic E-state index is 12.0. The van der Waals surface area contributed by atoms with Gasteiger partial charge >= 0.3 is 0 Å². The summed E-state index contributed by atoms with van der Waals surface area (Å²) in [6.07, 6.45) is 2.55. The number of nitrogens with one attached hydrogen (secondary N) is 2. The Kier molecular flexibility index (Phi) is 6.45. The zero-order valence-corrected chi connectivity index (χ0v) is 17.0. The molecule has 30 heavy (non-hydrogen) atoms. The van der Waals surface area contributed by atoms with Gasteiger partial charge in [-0.25, -0.2) is 4.98 Å². The van der Waals surface area contributed by atoms with Crippen LogP contribution in [0.25, 0.3) is 10.9 Å². The number of fused-ring (bicyclic) bond motifs is 1. The van der Waals surface area contributed by atoms with E-state index in [-0.39, 0.29) is 23.0 Å². The molecule has 3 aromatic rings. The molecule has 0 aliphatic rings. The summed E-state index contributed by atoms with van der Waals surface area (Å²) in [5, 5.41) is 16.9. The van der Waals surface area contributed by atoms with E-state index < -0.39 is 5.91 Å². The fourth-order valence-corrected chi connectivity index (χ4v) is 3.27. The first kappa shape index (κ1) is 21.0. The lowest BCUT2D eigenvalue weighted by Gasteiger charge is -2.20. The first-order valence-electron chi connectivity index (χ1n) is 9.74. The molecule has 0 aliphatic carbocycles. The number of primary amides is 1. The summed E-state index contributed by atoms with van der Waals surface area (Å²) < 4.78 is 0. The summed E-state index contributed by atoms with van der Waals surface area (Å²) in [7, 11) is 0. The van der Waals surface area contributed by atoms with Gasteiger partial charge in [-0.1, -0.05) is 13.0 Å². The van der Waals surface area contributed by atoms with E-state index in [9.17, 15) is 10.1 Å². The second kappa shape index (κ2) is 9.20. The Morgan fingerprint density at radius 3 is 2.73 bits per heavy atom. The van der Waals surface area contributed by atoms with Crippen LogP contribution < -0.4 is 22.1 Å². The van der Waals surface area contributed by atoms with Crippen LogP contribution in [0.3, 0.4) is 0 Å². The maximum absolute atomic E-state index is 12.0. The Morgan fingerprint density at radius 1 is 1.23 bits per heavy atom. The van der Waals surface area contributed by atoms with Crippen molar-refractivity contribution in [1.82, 2.24) is 9.97 Å². The number of pyridine rings is 2. The van der Waals surface area contributed by atoms with Gasteiger partial charge in [-0.3, -0.25) is 9.78 Å². The van der Waals surface area contributed by atoms with Crippen LogP contribution in [0.1, 0.15) is 36.2 Å². The molecule has 0 bridgehead atoms. The molecule has 1 aromatic carbocycles. The largest absolute Gasteiger partial charge is 0.366 e. The van der Waals surface area contributed by atoms with Gasteiger partial charge in [0.25, 0.3) is 5.91 Å². The highest BCUT2D eigenvalue weighted by Gasteiger charge is 2.18. The number of nitriles is 1. The monoisotopic (exact) mass is 403 g/mol. The summed E-state index contributed by atoms with van der Waals surface area (Å²) >= 11 is 0. The molecule has 6 N–H and O–H groups in total. The fraction of sp³-hybridized carbons (Fsp3) is 0.273. The molecule has 1 amide bonds. The minimum atomic E-state index is -0.666. The van der Waals surface area contributed by atoms with Crippen molar-refractivity contribution in [2.75, 3.05) is 17.2 Å². The van der Waals surface area contributed by atoms with Crippen molar-refractivity contribution in [2.24, 2.45) is 17.4 Å². The van der Waals surface area contributed by atoms with Crippen LogP contribution in [0.5, 0.6) is 0 Å². The van der Waals surface area contributed by atoms with E-state index in [0.29, 0.717) is 18.3 Å². The number of nitrogens with two attached hydrogens (primary N) is 2. The van der Waals surface area contributed by atoms with Crippen molar-refractivity contribution in [2.45, 2.75) is 26.3 Å². The van der Waals surface area contributed by atoms with Crippen LogP contribution in [0.4, 0.5) is 17.3 Å². The lowest BCUT2D eigenvalue weighted by Crippen LogP contribution is -2.24. The highest BCUT2D eigenvalue weighted by Crippen LogP contribution is 2.26. The minimum absolute atomic E-state index is 0.0437. The topological polar surface area (TPSA) is 143 Å². The number of rotatable bonds is 8. The van der Waals surface area contributed by atoms with Gasteiger partial charge in [0.1, 0.15) is 17.7 Å². The molecule has 0 saturated carbocycles. The maximum Gasteiger partial charge on any atom is 0.252 e. The summed E-state index contributed by atoms with van der Waals surface area (Å²) in [5.74, 6) is 0.336. The molecule has 0 spiro atoms. The first-order chi connectivity index (χ1) is 14.4. The fourth-order valence-electron chi connectivity index (χ4n) is 3.27. The molecule has 8 heteroatoms. The van der Waals surface area contributed by atoms with Gasteiger partial charge in [0, 0.05) is 23.3 Å². The van der Waals surface area contributed by atoms with Gasteiger partial charge in [-0.05, 0) is 56.1 Å². The van der Waals surface area contributed by atoms with E-state index in [1.165, 1.54) is 6.07 Å². The number of amides is 1. The van der Waals surface area contributed by atoms with Gasteiger partial charge < -0.3 is 22.1 Å². The van der Waals surface area contributed by atoms with Crippen LogP contribution in [0.2, 0.25) is 0 Å². The van der Waals surface area contributed by atoms with Gasteiger partial charge in [-0.15, -0.1) is 0 Å². The van der Waals surface area contributed by atoms with Crippen molar-refractivity contribution in [3.05, 3.63) is 53.7 Å². The zero-order valence-electron chi connectivity index (χ0n) is 17.0. The highest BCUT2D eigenvalue weighted by atomic mass is 16.1. The third kappa shape index (κ3) is 4.82. The number of carbonyl (C=O) groups is 1. The number of carbonyl (C=O) groups excluding carboxylic acids is 1. The summed E-state index contributed by atoms with van der Waals surface area (Å²) in [6, 6.07) is 13.0. The standard InChI is InChI=1S/C22H25N7O/c1-13(11-23)8-14(2)27-21-16(12-24)10-18(20(25)30)22(29-21)28-17-5-6-19-15(9-17)4-3-7-26-19/h3-7,9-10,13-14H,8,11,23H2,1-2H3,(H2,25,30)(H2,27,28,29). The normalized spacial score (nSPS) is 12.7. The molecular weight excluding hydrogens is 378 g/mol. The second-order valence-electron chi connectivity index (χ2n) is 7.41. The van der Waals surface area contributed by atoms with Crippen molar-refractivity contribution in [1.29, 1.82) is 5.26 Å². The Bertz CT molecular complexity index is 1110. The van der Waals surface area contributed by atoms with E-state index in [1.54, 1.807) is 6.20 Å². The summed E-state index contributed by atoms with van der Waals surface area (Å²) in [5.41, 5.74) is 13.2. The molecule has 0 saturated heterocycles. The van der Waals surface area contributed by atoms with E-state index in [1.807, 2.05) is 37.3 Å². The molecule has 8 nitrogen and oxygen atoms in total. The van der Waals surface area contributed by atoms with Gasteiger partial charge in [0.05, 0.1) is 16.6 Å². The van der Waals surface area contributed by atoms with Crippen molar-refractivity contribution >= 4 is 34.1 Å². The van der Waals surface area contributed by atoms with Gasteiger partial charge in [0.15, 0.2) is 0 Å². The quantitative estimate of drug-likeness (QED) is 0.452. The summed E-state index contributed by atoms with van der Waals surface area (Å²) in [6.45, 7) is 4.64. The number of aromatic nitrogens is 2. The zero-order chi connectivity index (χ0) is 21.7. The lowest BCUT2D eigenvalue weighted by atomic mass is 10.0. The van der Waals surface area contributed by atoms with E-state index in [0.717, 1.165) is 23.0 Å². The number of hydrogen-bond acceptors (Lipinski definition) is 7. The third-order valence-corrected chi connectivity index (χ3v) is 4.82. The van der Waals surface area contributed by atoms with Crippen LogP contribution in [-0.2, 0) is 0 Å². The molecular formula is C22H25N7O. The predicted molar refractivity (Wildman–Crippen MR) is 118 cm³/mol. The summed E-state index contributed by atoms with van der Waals surface area (Å²) in [4.78, 5) is 20.8. The van der Waals surface area contributed by atoms with Crippen molar-refractivity contribution in [3.8, 4) is 6.07 Å². The van der Waals surface area contributed by atoms with Gasteiger partial charge in [-0.2, -0.15) is 5.26 Å². The second-order valence-corrected chi connectivity index (χ2v) is 7.41. The smallest absolute Gasteiger partial charge is 0.252 e. The lowest BCUT2D eigenvalue weighted by molar-refractivity contribution is 0.100. The molecule has 2 atom stereocenters. The minimum Gasteiger partial charge on any atom is -0.366 e. The highest BCUT2D eigenvalue weighted by molar-refractivity contribution is 5.99. The average Bonchev–Trinajstić information content (AvgIpc) is 2.73. The van der Waals surface area contributed by atoms with Crippen LogP contribution in [0, 0.1) is 17.2 Å². The van der Waals surface area contributed by atoms with Crippen LogP contribution >= 0.6 is 0 Å². The number of anilines is 3. The SMILES string of the molecule is CC(CN)CC(C)Nc1nc(Nc2ccc3ncccc3c2)c(C(N)=O)cc1C#N. The Balaban J connectivity index is 1.96. The molecule has 0 radical (unpaired) electrons.